The van der Waals surface area contributed by atoms with Crippen LogP contribution in [-0.4, -0.2) is 42.5 Å². The first-order valence-corrected chi connectivity index (χ1v) is 14.2. The summed E-state index contributed by atoms with van der Waals surface area (Å²) in [5.41, 5.74) is 5.13. The molecule has 0 bridgehead atoms. The zero-order chi connectivity index (χ0) is 27.9. The second-order valence-electron chi connectivity index (χ2n) is 12.1. The molecule has 206 valence electrons. The molecule has 4 aliphatic carbocycles. The number of ketones is 1. The summed E-state index contributed by atoms with van der Waals surface area (Å²) in [7, 11) is 4.07. The van der Waals surface area contributed by atoms with Gasteiger partial charge < -0.3 is 14.7 Å². The molecule has 5 rings (SSSR count). The van der Waals surface area contributed by atoms with E-state index in [0.29, 0.717) is 24.7 Å². The van der Waals surface area contributed by atoms with Gasteiger partial charge >= 0.3 is 11.9 Å². The van der Waals surface area contributed by atoms with Crippen LogP contribution >= 0.6 is 0 Å². The normalized spacial score (nSPS) is 31.2. The van der Waals surface area contributed by atoms with Gasteiger partial charge in [0.15, 0.2) is 11.4 Å². The number of aliphatic carboxylic acids is 1. The Balaban J connectivity index is 1.61. The Morgan fingerprint density at radius 3 is 2.51 bits per heavy atom. The number of rotatable bonds is 6. The molecule has 1 N–H and O–H groups in total. The minimum atomic E-state index is -1.01. The molecule has 0 amide bonds. The lowest BCUT2D eigenvalue weighted by Gasteiger charge is -2.54. The van der Waals surface area contributed by atoms with Crippen molar-refractivity contribution < 1.29 is 24.2 Å². The number of hydrogen-bond donors (Lipinski definition) is 1. The minimum absolute atomic E-state index is 0.133. The second-order valence-corrected chi connectivity index (χ2v) is 12.1. The van der Waals surface area contributed by atoms with Crippen molar-refractivity contribution in [3.05, 3.63) is 52.6 Å². The highest BCUT2D eigenvalue weighted by Crippen LogP contribution is 2.67. The van der Waals surface area contributed by atoms with E-state index in [1.807, 2.05) is 20.2 Å². The highest BCUT2D eigenvalue weighted by atomic mass is 16.6. The van der Waals surface area contributed by atoms with Crippen LogP contribution < -0.4 is 4.90 Å². The van der Waals surface area contributed by atoms with Gasteiger partial charge in [-0.2, -0.15) is 0 Å². The van der Waals surface area contributed by atoms with E-state index in [2.05, 4.69) is 47.9 Å². The molecule has 6 heteroatoms. The third-order valence-electron chi connectivity index (χ3n) is 9.82. The van der Waals surface area contributed by atoms with Crippen LogP contribution in [0.4, 0.5) is 5.69 Å². The molecular weight excluding hydrogens is 490 g/mol. The summed E-state index contributed by atoms with van der Waals surface area (Å²) in [4.78, 5) is 38.5. The number of ether oxygens (including phenoxy) is 1. The van der Waals surface area contributed by atoms with Crippen molar-refractivity contribution in [2.75, 3.05) is 19.0 Å². The summed E-state index contributed by atoms with van der Waals surface area (Å²) >= 11 is 0. The van der Waals surface area contributed by atoms with Gasteiger partial charge in [0.25, 0.3) is 0 Å². The molecule has 0 heterocycles. The predicted molar refractivity (Wildman–Crippen MR) is 150 cm³/mol. The van der Waals surface area contributed by atoms with E-state index in [1.165, 1.54) is 22.3 Å². The summed E-state index contributed by atoms with van der Waals surface area (Å²) in [6.45, 7) is 4.03. The summed E-state index contributed by atoms with van der Waals surface area (Å²) in [6, 6.07) is 8.77. The van der Waals surface area contributed by atoms with Crippen LogP contribution in [0.1, 0.15) is 83.1 Å². The Labute approximate surface area is 231 Å². The quantitative estimate of drug-likeness (QED) is 0.369. The average Bonchev–Trinajstić information content (AvgIpc) is 3.18. The molecule has 2 fully saturated rings. The Hall–Kier alpha value is -3.33. The lowest BCUT2D eigenvalue weighted by molar-refractivity contribution is -0.168. The van der Waals surface area contributed by atoms with Gasteiger partial charge in [0.1, 0.15) is 0 Å². The molecule has 0 aromatic heterocycles. The molecule has 1 aromatic rings. The number of fused-ring (bicyclic) bond motifs is 4. The van der Waals surface area contributed by atoms with E-state index in [4.69, 9.17) is 9.84 Å². The van der Waals surface area contributed by atoms with Crippen molar-refractivity contribution in [1.29, 1.82) is 0 Å². The molecule has 4 aliphatic rings. The number of allylic oxidation sites excluding steroid dienone is 4. The molecule has 2 unspecified atom stereocenters. The Kier molecular flexibility index (Phi) is 7.22. The summed E-state index contributed by atoms with van der Waals surface area (Å²) < 4.78 is 6.24. The monoisotopic (exact) mass is 529 g/mol. The Morgan fingerprint density at radius 1 is 1.10 bits per heavy atom. The van der Waals surface area contributed by atoms with Crippen molar-refractivity contribution in [1.82, 2.24) is 0 Å². The minimum Gasteiger partial charge on any atom is -0.481 e. The first kappa shape index (κ1) is 27.2. The second kappa shape index (κ2) is 10.3. The maximum atomic E-state index is 12.9. The number of carbonyl (C=O) groups is 3. The fourth-order valence-electron chi connectivity index (χ4n) is 8.01. The number of benzene rings is 1. The van der Waals surface area contributed by atoms with E-state index in [-0.39, 0.29) is 30.0 Å². The molecule has 6 nitrogen and oxygen atoms in total. The highest BCUT2D eigenvalue weighted by Gasteiger charge is 2.65. The van der Waals surface area contributed by atoms with Gasteiger partial charge in [0.05, 0.1) is 12.8 Å². The van der Waals surface area contributed by atoms with Crippen molar-refractivity contribution in [2.24, 2.45) is 17.3 Å². The molecule has 0 radical (unpaired) electrons. The van der Waals surface area contributed by atoms with E-state index >= 15 is 0 Å². The maximum absolute atomic E-state index is 12.9. The van der Waals surface area contributed by atoms with E-state index in [1.54, 1.807) is 6.92 Å². The van der Waals surface area contributed by atoms with Gasteiger partial charge in [-0.25, -0.2) is 0 Å². The third kappa shape index (κ3) is 4.71. The molecule has 1 aromatic carbocycles. The lowest BCUT2D eigenvalue weighted by atomic mass is 9.51. The van der Waals surface area contributed by atoms with E-state index < -0.39 is 17.5 Å². The van der Waals surface area contributed by atoms with E-state index in [9.17, 15) is 14.4 Å². The number of carbonyl (C=O) groups excluding carboxylic acids is 2. The Bertz CT molecular complexity index is 1310. The maximum Gasteiger partial charge on any atom is 0.307 e. The van der Waals surface area contributed by atoms with Gasteiger partial charge in [-0.05, 0) is 92.2 Å². The number of hydrogen-bond acceptors (Lipinski definition) is 5. The van der Waals surface area contributed by atoms with Crippen molar-refractivity contribution in [3.63, 3.8) is 0 Å². The van der Waals surface area contributed by atoms with Crippen LogP contribution in [0.25, 0.3) is 0 Å². The summed E-state index contributed by atoms with van der Waals surface area (Å²) in [5, 5.41) is 9.11. The van der Waals surface area contributed by atoms with Gasteiger partial charge in [-0.3, -0.25) is 14.4 Å². The van der Waals surface area contributed by atoms with Crippen LogP contribution in [0.5, 0.6) is 0 Å². The smallest absolute Gasteiger partial charge is 0.307 e. The topological polar surface area (TPSA) is 83.9 Å². The van der Waals surface area contributed by atoms with Crippen LogP contribution in [0.2, 0.25) is 0 Å². The first-order chi connectivity index (χ1) is 18.6. The molecule has 39 heavy (non-hydrogen) atoms. The molecule has 0 spiro atoms. The number of carboxylic acids is 1. The predicted octanol–water partition coefficient (Wildman–Crippen LogP) is 5.82. The molecule has 5 atom stereocenters. The first-order valence-electron chi connectivity index (χ1n) is 14.2. The summed E-state index contributed by atoms with van der Waals surface area (Å²) in [6.07, 6.45) is 7.08. The molecule has 2 saturated carbocycles. The molecule has 0 aliphatic heterocycles. The van der Waals surface area contributed by atoms with Crippen LogP contribution in [-0.2, 0) is 19.1 Å². The van der Waals surface area contributed by atoms with Gasteiger partial charge in [-0.15, -0.1) is 5.92 Å². The van der Waals surface area contributed by atoms with Crippen molar-refractivity contribution in [3.8, 4) is 11.8 Å². The van der Waals surface area contributed by atoms with Crippen LogP contribution in [0, 0.1) is 29.1 Å². The van der Waals surface area contributed by atoms with Crippen LogP contribution in [0.3, 0.4) is 0 Å². The Morgan fingerprint density at radius 2 is 1.85 bits per heavy atom. The molecule has 0 saturated heterocycles. The third-order valence-corrected chi connectivity index (χ3v) is 9.82. The SMILES string of the molecule is CC#C[C@]1(OC(=O)CCC(=O)O)CCC2C3CCC4=CC(=O)CCC4=C3[C@@H](c3ccc(N(C)C)cc3)C[C@@]21C. The summed E-state index contributed by atoms with van der Waals surface area (Å²) in [5.74, 6) is 5.91. The number of nitrogens with zero attached hydrogens (tertiary/aromatic N) is 1. The molecular formula is C33H39NO5. The zero-order valence-corrected chi connectivity index (χ0v) is 23.5. The lowest BCUT2D eigenvalue weighted by Crippen LogP contribution is -2.53. The van der Waals surface area contributed by atoms with Gasteiger partial charge in [-0.1, -0.05) is 30.6 Å². The van der Waals surface area contributed by atoms with Crippen molar-refractivity contribution >= 4 is 23.4 Å². The average molecular weight is 530 g/mol. The zero-order valence-electron chi connectivity index (χ0n) is 23.5. The van der Waals surface area contributed by atoms with E-state index in [0.717, 1.165) is 37.8 Å². The number of anilines is 1. The number of carboxylic acid groups (broad SMARTS) is 1. The van der Waals surface area contributed by atoms with Gasteiger partial charge in [0, 0.05) is 37.5 Å². The standard InChI is InChI=1S/C33H39NO5/c1-5-17-33(39-30(38)15-14-29(36)37)18-16-28-26-12-8-22-19-24(35)11-13-25(22)31(26)27(20-32(28,33)2)21-6-9-23(10-7-21)34(3)4/h6-7,9-10,19,26-28H,8,11-16,18,20H2,1-4H3,(H,36,37)/t26?,27-,28?,32+,33+/m1/s1. The van der Waals surface area contributed by atoms with Crippen molar-refractivity contribution in [2.45, 2.75) is 83.2 Å². The number of esters is 1. The fourth-order valence-corrected chi connectivity index (χ4v) is 8.01. The largest absolute Gasteiger partial charge is 0.481 e. The highest BCUT2D eigenvalue weighted by molar-refractivity contribution is 5.93. The van der Waals surface area contributed by atoms with Crippen LogP contribution in [0.15, 0.2) is 47.1 Å². The van der Waals surface area contributed by atoms with Gasteiger partial charge in [0.2, 0.25) is 0 Å². The fraction of sp³-hybridized carbons (Fsp3) is 0.545.